The molecule has 0 aliphatic heterocycles. The van der Waals surface area contributed by atoms with E-state index >= 15 is 0 Å². The van der Waals surface area contributed by atoms with Gasteiger partial charge in [0.05, 0.1) is 11.6 Å². The number of carbonyl (C=O) groups is 1. The van der Waals surface area contributed by atoms with E-state index < -0.39 is 0 Å². The Balaban J connectivity index is 2.71. The van der Waals surface area contributed by atoms with Crippen LogP contribution in [0, 0.1) is 0 Å². The zero-order valence-corrected chi connectivity index (χ0v) is 9.50. The fourth-order valence-corrected chi connectivity index (χ4v) is 1.72. The van der Waals surface area contributed by atoms with Crippen molar-refractivity contribution in [3.63, 3.8) is 0 Å². The maximum absolute atomic E-state index is 10.6. The van der Waals surface area contributed by atoms with Gasteiger partial charge in [-0.2, -0.15) is 0 Å². The molecule has 1 amide bonds. The average Bonchev–Trinajstić information content (AvgIpc) is 2.15. The van der Waals surface area contributed by atoms with Gasteiger partial charge in [0.2, 0.25) is 5.91 Å². The molecule has 1 rings (SSSR count). The molecular formula is C10H12BrNO2. The van der Waals surface area contributed by atoms with E-state index in [-0.39, 0.29) is 5.91 Å². The third-order valence-electron chi connectivity index (χ3n) is 1.88. The van der Waals surface area contributed by atoms with Crippen molar-refractivity contribution in [3.8, 4) is 5.75 Å². The number of aryl methyl sites for hydroxylation is 1. The monoisotopic (exact) mass is 257 g/mol. The number of halogens is 1. The van der Waals surface area contributed by atoms with Crippen LogP contribution in [-0.2, 0) is 11.2 Å². The third kappa shape index (κ3) is 3.03. The number of methoxy groups -OCH3 is 1. The summed E-state index contributed by atoms with van der Waals surface area (Å²) in [6.07, 6.45) is 1.04. The smallest absolute Gasteiger partial charge is 0.217 e. The number of hydrogen-bond donors (Lipinski definition) is 1. The zero-order chi connectivity index (χ0) is 10.6. The SMILES string of the molecule is COc1ccc(CCC(N)=O)cc1Br. The molecule has 0 radical (unpaired) electrons. The molecular weight excluding hydrogens is 246 g/mol. The van der Waals surface area contributed by atoms with E-state index in [0.717, 1.165) is 15.8 Å². The number of amides is 1. The van der Waals surface area contributed by atoms with Gasteiger partial charge in [0.1, 0.15) is 5.75 Å². The summed E-state index contributed by atoms with van der Waals surface area (Å²) in [6.45, 7) is 0. The first-order valence-electron chi connectivity index (χ1n) is 4.24. The Bertz CT molecular complexity index is 339. The molecule has 0 fully saturated rings. The number of hydrogen-bond acceptors (Lipinski definition) is 2. The van der Waals surface area contributed by atoms with Crippen LogP contribution in [0.5, 0.6) is 5.75 Å². The summed E-state index contributed by atoms with van der Waals surface area (Å²) in [4.78, 5) is 10.6. The predicted octanol–water partition coefficient (Wildman–Crippen LogP) is 1.88. The molecule has 0 bridgehead atoms. The highest BCUT2D eigenvalue weighted by Crippen LogP contribution is 2.25. The first-order chi connectivity index (χ1) is 6.63. The van der Waals surface area contributed by atoms with Crippen LogP contribution in [0.3, 0.4) is 0 Å². The average molecular weight is 258 g/mol. The first kappa shape index (κ1) is 11.0. The minimum atomic E-state index is -0.281. The molecule has 0 heterocycles. The Morgan fingerprint density at radius 2 is 2.29 bits per heavy atom. The van der Waals surface area contributed by atoms with Crippen molar-refractivity contribution in [3.05, 3.63) is 28.2 Å². The van der Waals surface area contributed by atoms with Crippen LogP contribution in [-0.4, -0.2) is 13.0 Å². The van der Waals surface area contributed by atoms with E-state index in [4.69, 9.17) is 10.5 Å². The maximum Gasteiger partial charge on any atom is 0.217 e. The van der Waals surface area contributed by atoms with E-state index in [2.05, 4.69) is 15.9 Å². The maximum atomic E-state index is 10.6. The third-order valence-corrected chi connectivity index (χ3v) is 2.50. The van der Waals surface area contributed by atoms with Gasteiger partial charge in [0, 0.05) is 6.42 Å². The van der Waals surface area contributed by atoms with Gasteiger partial charge in [-0.15, -0.1) is 0 Å². The Labute approximate surface area is 91.4 Å². The summed E-state index contributed by atoms with van der Waals surface area (Å²) < 4.78 is 5.98. The van der Waals surface area contributed by atoms with E-state index in [9.17, 15) is 4.79 Å². The predicted molar refractivity (Wildman–Crippen MR) is 58.2 cm³/mol. The molecule has 0 aromatic heterocycles. The van der Waals surface area contributed by atoms with Crippen molar-refractivity contribution in [2.45, 2.75) is 12.8 Å². The number of carbonyl (C=O) groups excluding carboxylic acids is 1. The number of benzene rings is 1. The Morgan fingerprint density at radius 1 is 1.57 bits per heavy atom. The first-order valence-corrected chi connectivity index (χ1v) is 5.03. The van der Waals surface area contributed by atoms with Crippen LogP contribution in [0.1, 0.15) is 12.0 Å². The second kappa shape index (κ2) is 5.00. The van der Waals surface area contributed by atoms with E-state index in [1.165, 1.54) is 0 Å². The Hall–Kier alpha value is -1.03. The van der Waals surface area contributed by atoms with Crippen LogP contribution in [0.4, 0.5) is 0 Å². The standard InChI is InChI=1S/C10H12BrNO2/c1-14-9-4-2-7(6-8(9)11)3-5-10(12)13/h2,4,6H,3,5H2,1H3,(H2,12,13). The summed E-state index contributed by atoms with van der Waals surface area (Å²) in [6, 6.07) is 5.72. The molecule has 1 aromatic rings. The largest absolute Gasteiger partial charge is 0.496 e. The highest BCUT2D eigenvalue weighted by molar-refractivity contribution is 9.10. The minimum absolute atomic E-state index is 0.281. The summed E-state index contributed by atoms with van der Waals surface area (Å²) in [5.74, 6) is 0.504. The normalized spacial score (nSPS) is 9.86. The van der Waals surface area contributed by atoms with E-state index in [1.807, 2.05) is 18.2 Å². The molecule has 3 nitrogen and oxygen atoms in total. The van der Waals surface area contributed by atoms with Gasteiger partial charge in [-0.3, -0.25) is 4.79 Å². The molecule has 2 N–H and O–H groups in total. The molecule has 0 saturated carbocycles. The lowest BCUT2D eigenvalue weighted by atomic mass is 10.1. The number of nitrogens with two attached hydrogens (primary N) is 1. The minimum Gasteiger partial charge on any atom is -0.496 e. The lowest BCUT2D eigenvalue weighted by molar-refractivity contribution is -0.117. The number of ether oxygens (including phenoxy) is 1. The quantitative estimate of drug-likeness (QED) is 0.896. The van der Waals surface area contributed by atoms with Gasteiger partial charge in [-0.25, -0.2) is 0 Å². The number of primary amides is 1. The highest BCUT2D eigenvalue weighted by Gasteiger charge is 2.02. The van der Waals surface area contributed by atoms with Gasteiger partial charge in [-0.05, 0) is 40.0 Å². The molecule has 0 aliphatic rings. The van der Waals surface area contributed by atoms with Crippen molar-refractivity contribution in [2.24, 2.45) is 5.73 Å². The van der Waals surface area contributed by atoms with Gasteiger partial charge in [0.25, 0.3) is 0 Å². The summed E-state index contributed by atoms with van der Waals surface area (Å²) in [5, 5.41) is 0. The van der Waals surface area contributed by atoms with Crippen molar-refractivity contribution < 1.29 is 9.53 Å². The number of rotatable bonds is 4. The van der Waals surface area contributed by atoms with Gasteiger partial charge in [-0.1, -0.05) is 6.07 Å². The van der Waals surface area contributed by atoms with Crippen LogP contribution in [0.25, 0.3) is 0 Å². The van der Waals surface area contributed by atoms with Gasteiger partial charge >= 0.3 is 0 Å². The lowest BCUT2D eigenvalue weighted by Crippen LogP contribution is -2.11. The molecule has 0 atom stereocenters. The van der Waals surface area contributed by atoms with Crippen LogP contribution in [0.2, 0.25) is 0 Å². The summed E-state index contributed by atoms with van der Waals surface area (Å²) >= 11 is 3.37. The summed E-state index contributed by atoms with van der Waals surface area (Å²) in [5.41, 5.74) is 6.13. The second-order valence-electron chi connectivity index (χ2n) is 2.94. The topological polar surface area (TPSA) is 52.3 Å². The van der Waals surface area contributed by atoms with Crippen LogP contribution in [0.15, 0.2) is 22.7 Å². The van der Waals surface area contributed by atoms with Crippen LogP contribution < -0.4 is 10.5 Å². The molecule has 0 unspecified atom stereocenters. The van der Waals surface area contributed by atoms with E-state index in [0.29, 0.717) is 12.8 Å². The van der Waals surface area contributed by atoms with E-state index in [1.54, 1.807) is 7.11 Å². The molecule has 14 heavy (non-hydrogen) atoms. The van der Waals surface area contributed by atoms with Crippen molar-refractivity contribution in [2.75, 3.05) is 7.11 Å². The fraction of sp³-hybridized carbons (Fsp3) is 0.300. The van der Waals surface area contributed by atoms with Crippen molar-refractivity contribution in [1.29, 1.82) is 0 Å². The van der Waals surface area contributed by atoms with Gasteiger partial charge in [0.15, 0.2) is 0 Å². The molecule has 0 spiro atoms. The van der Waals surface area contributed by atoms with Gasteiger partial charge < -0.3 is 10.5 Å². The second-order valence-corrected chi connectivity index (χ2v) is 3.79. The Kier molecular flexibility index (Phi) is 3.95. The molecule has 76 valence electrons. The fourth-order valence-electron chi connectivity index (χ4n) is 1.13. The molecule has 1 aromatic carbocycles. The molecule has 0 saturated heterocycles. The van der Waals surface area contributed by atoms with Crippen molar-refractivity contribution in [1.82, 2.24) is 0 Å². The molecule has 0 aliphatic carbocycles. The Morgan fingerprint density at radius 3 is 2.79 bits per heavy atom. The van der Waals surface area contributed by atoms with Crippen LogP contribution >= 0.6 is 15.9 Å². The lowest BCUT2D eigenvalue weighted by Gasteiger charge is -2.05. The highest BCUT2D eigenvalue weighted by atomic mass is 79.9. The molecule has 4 heteroatoms. The van der Waals surface area contributed by atoms with Crippen molar-refractivity contribution >= 4 is 21.8 Å². The summed E-state index contributed by atoms with van der Waals surface area (Å²) in [7, 11) is 1.61. The zero-order valence-electron chi connectivity index (χ0n) is 7.92.